The van der Waals surface area contributed by atoms with E-state index in [9.17, 15) is 8.42 Å². The summed E-state index contributed by atoms with van der Waals surface area (Å²) in [5, 5.41) is 9.04. The molecular weight excluding hydrogens is 254 g/mol. The average molecular weight is 273 g/mol. The minimum atomic E-state index is -3.37. The van der Waals surface area contributed by atoms with Crippen molar-refractivity contribution in [2.45, 2.75) is 19.8 Å². The van der Waals surface area contributed by atoms with E-state index < -0.39 is 10.2 Å². The van der Waals surface area contributed by atoms with Crippen molar-refractivity contribution in [2.75, 3.05) is 39.4 Å². The highest BCUT2D eigenvalue weighted by Gasteiger charge is 2.37. The van der Waals surface area contributed by atoms with Crippen LogP contribution in [0.4, 0.5) is 0 Å². The van der Waals surface area contributed by atoms with E-state index in [0.717, 1.165) is 0 Å². The Hall–Kier alpha value is -0.680. The van der Waals surface area contributed by atoms with Crippen molar-refractivity contribution in [2.24, 2.45) is 5.41 Å². The molecule has 0 saturated carbocycles. The zero-order valence-corrected chi connectivity index (χ0v) is 11.4. The second-order valence-electron chi connectivity index (χ2n) is 5.09. The van der Waals surface area contributed by atoms with Crippen LogP contribution in [0.2, 0.25) is 0 Å². The van der Waals surface area contributed by atoms with Crippen LogP contribution in [0.3, 0.4) is 0 Å². The van der Waals surface area contributed by atoms with Gasteiger partial charge in [-0.15, -0.1) is 0 Å². The second-order valence-corrected chi connectivity index (χ2v) is 7.02. The molecule has 102 valence electrons. The third kappa shape index (κ3) is 2.67. The summed E-state index contributed by atoms with van der Waals surface area (Å²) in [4.78, 5) is 0. The van der Waals surface area contributed by atoms with E-state index in [1.54, 1.807) is 0 Å². The third-order valence-corrected chi connectivity index (χ3v) is 5.75. The number of piperidine rings is 1. The normalized spacial score (nSPS) is 26.7. The first-order valence-corrected chi connectivity index (χ1v) is 7.62. The maximum absolute atomic E-state index is 12.4. The van der Waals surface area contributed by atoms with E-state index in [1.807, 2.05) is 6.92 Å². The van der Waals surface area contributed by atoms with E-state index in [1.165, 1.54) is 8.61 Å². The van der Waals surface area contributed by atoms with Crippen LogP contribution in [0, 0.1) is 16.7 Å². The molecule has 0 spiro atoms. The van der Waals surface area contributed by atoms with Gasteiger partial charge in [-0.1, -0.05) is 0 Å². The molecule has 0 radical (unpaired) electrons. The Bertz CT molecular complexity index is 429. The van der Waals surface area contributed by atoms with Crippen LogP contribution in [-0.2, 0) is 14.9 Å². The summed E-state index contributed by atoms with van der Waals surface area (Å²) in [5.74, 6) is 0. The van der Waals surface area contributed by atoms with Crippen molar-refractivity contribution in [3.63, 3.8) is 0 Å². The summed E-state index contributed by atoms with van der Waals surface area (Å²) in [6.45, 7) is 4.54. The molecule has 2 aliphatic rings. The fourth-order valence-corrected chi connectivity index (χ4v) is 3.84. The quantitative estimate of drug-likeness (QED) is 0.720. The Morgan fingerprint density at radius 1 is 1.11 bits per heavy atom. The molecule has 7 heteroatoms. The summed E-state index contributed by atoms with van der Waals surface area (Å²) < 4.78 is 32.8. The molecule has 0 aliphatic carbocycles. The molecule has 0 aromatic rings. The largest absolute Gasteiger partial charge is 0.379 e. The predicted octanol–water partition coefficient (Wildman–Crippen LogP) is 0.189. The zero-order valence-electron chi connectivity index (χ0n) is 10.6. The van der Waals surface area contributed by atoms with Gasteiger partial charge in [0.25, 0.3) is 10.2 Å². The van der Waals surface area contributed by atoms with E-state index in [4.69, 9.17) is 10.00 Å². The topological polar surface area (TPSA) is 73.6 Å². The summed E-state index contributed by atoms with van der Waals surface area (Å²) in [5.41, 5.74) is -0.378. The van der Waals surface area contributed by atoms with Gasteiger partial charge in [0.1, 0.15) is 0 Å². The third-order valence-electron chi connectivity index (χ3n) is 3.72. The SMILES string of the molecule is CC1(C#N)CCN(S(=O)(=O)N2CCOCC2)CC1. The van der Waals surface area contributed by atoms with Gasteiger partial charge in [0.2, 0.25) is 0 Å². The summed E-state index contributed by atoms with van der Waals surface area (Å²) >= 11 is 0. The van der Waals surface area contributed by atoms with E-state index in [0.29, 0.717) is 52.2 Å². The highest BCUT2D eigenvalue weighted by Crippen LogP contribution is 2.31. The lowest BCUT2D eigenvalue weighted by atomic mass is 9.83. The lowest BCUT2D eigenvalue weighted by molar-refractivity contribution is 0.0689. The summed E-state index contributed by atoms with van der Waals surface area (Å²) in [6.07, 6.45) is 1.21. The van der Waals surface area contributed by atoms with Crippen LogP contribution in [0.15, 0.2) is 0 Å². The molecule has 2 rings (SSSR count). The van der Waals surface area contributed by atoms with Crippen LogP contribution in [0.5, 0.6) is 0 Å². The molecule has 0 aromatic heterocycles. The van der Waals surface area contributed by atoms with Crippen LogP contribution in [0.25, 0.3) is 0 Å². The van der Waals surface area contributed by atoms with Crippen molar-refractivity contribution in [1.82, 2.24) is 8.61 Å². The van der Waals surface area contributed by atoms with Crippen LogP contribution < -0.4 is 0 Å². The molecule has 0 unspecified atom stereocenters. The lowest BCUT2D eigenvalue weighted by Gasteiger charge is -2.37. The summed E-state index contributed by atoms with van der Waals surface area (Å²) in [7, 11) is -3.37. The Labute approximate surface area is 108 Å². The maximum Gasteiger partial charge on any atom is 0.282 e. The highest BCUT2D eigenvalue weighted by molar-refractivity contribution is 7.86. The number of nitriles is 1. The first kappa shape index (κ1) is 13.7. The number of ether oxygens (including phenoxy) is 1. The molecule has 0 amide bonds. The molecule has 0 N–H and O–H groups in total. The number of morpholine rings is 1. The van der Waals surface area contributed by atoms with Crippen molar-refractivity contribution >= 4 is 10.2 Å². The van der Waals surface area contributed by atoms with Crippen LogP contribution in [-0.4, -0.2) is 56.4 Å². The van der Waals surface area contributed by atoms with Gasteiger partial charge in [0.05, 0.1) is 24.7 Å². The van der Waals surface area contributed by atoms with Gasteiger partial charge in [0.15, 0.2) is 0 Å². The summed E-state index contributed by atoms with van der Waals surface area (Å²) in [6, 6.07) is 2.28. The van der Waals surface area contributed by atoms with Gasteiger partial charge >= 0.3 is 0 Å². The molecule has 18 heavy (non-hydrogen) atoms. The van der Waals surface area contributed by atoms with Crippen molar-refractivity contribution in [3.8, 4) is 6.07 Å². The van der Waals surface area contributed by atoms with E-state index >= 15 is 0 Å². The minimum absolute atomic E-state index is 0.378. The van der Waals surface area contributed by atoms with Gasteiger partial charge in [-0.25, -0.2) is 0 Å². The Morgan fingerprint density at radius 2 is 1.61 bits per heavy atom. The number of nitrogens with zero attached hydrogens (tertiary/aromatic N) is 3. The fraction of sp³-hybridized carbons (Fsp3) is 0.909. The molecule has 0 bridgehead atoms. The molecular formula is C11H19N3O3S. The van der Waals surface area contributed by atoms with Gasteiger partial charge in [-0.05, 0) is 19.8 Å². The molecule has 2 fully saturated rings. The fourth-order valence-electron chi connectivity index (χ4n) is 2.26. The van der Waals surface area contributed by atoms with Crippen LogP contribution in [0.1, 0.15) is 19.8 Å². The van der Waals surface area contributed by atoms with Crippen molar-refractivity contribution in [1.29, 1.82) is 5.26 Å². The predicted molar refractivity (Wildman–Crippen MR) is 65.8 cm³/mol. The Morgan fingerprint density at radius 3 is 2.11 bits per heavy atom. The van der Waals surface area contributed by atoms with Gasteiger partial charge in [0, 0.05) is 26.2 Å². The van der Waals surface area contributed by atoms with Crippen molar-refractivity contribution < 1.29 is 13.2 Å². The second kappa shape index (κ2) is 5.13. The van der Waals surface area contributed by atoms with Crippen LogP contribution >= 0.6 is 0 Å². The number of rotatable bonds is 2. The smallest absolute Gasteiger partial charge is 0.282 e. The monoisotopic (exact) mass is 273 g/mol. The van der Waals surface area contributed by atoms with Gasteiger partial charge < -0.3 is 4.74 Å². The molecule has 2 heterocycles. The highest BCUT2D eigenvalue weighted by atomic mass is 32.2. The first-order chi connectivity index (χ1) is 8.48. The molecule has 2 saturated heterocycles. The number of hydrogen-bond acceptors (Lipinski definition) is 4. The average Bonchev–Trinajstić information content (AvgIpc) is 2.40. The molecule has 6 nitrogen and oxygen atoms in total. The first-order valence-electron chi connectivity index (χ1n) is 6.22. The van der Waals surface area contributed by atoms with E-state index in [-0.39, 0.29) is 5.41 Å². The standard InChI is InChI=1S/C11H19N3O3S/c1-11(10-12)2-4-13(5-3-11)18(15,16)14-6-8-17-9-7-14/h2-9H2,1H3. The van der Waals surface area contributed by atoms with Crippen molar-refractivity contribution in [3.05, 3.63) is 0 Å². The number of hydrogen-bond donors (Lipinski definition) is 0. The van der Waals surface area contributed by atoms with E-state index in [2.05, 4.69) is 6.07 Å². The Kier molecular flexibility index (Phi) is 3.92. The van der Waals surface area contributed by atoms with Gasteiger partial charge in [-0.3, -0.25) is 0 Å². The molecule has 2 aliphatic heterocycles. The maximum atomic E-state index is 12.4. The molecule has 0 atom stereocenters. The molecule has 0 aromatic carbocycles. The van der Waals surface area contributed by atoms with Gasteiger partial charge in [-0.2, -0.15) is 22.3 Å². The minimum Gasteiger partial charge on any atom is -0.379 e. The lowest BCUT2D eigenvalue weighted by Crippen LogP contribution is -2.51. The zero-order chi connectivity index (χ0) is 13.2. The Balaban J connectivity index is 2.02.